The molecule has 2 aromatic carbocycles. The lowest BCUT2D eigenvalue weighted by atomic mass is 9.89. The van der Waals surface area contributed by atoms with Gasteiger partial charge in [-0.2, -0.15) is 13.6 Å². The second kappa shape index (κ2) is 35.2. The standard InChI is InChI=1S/C52H66N11O24P3S2/c1-52(2,13-19-81-51(69)59-16-21-78-23-22-77-20-15-57-47(64)32-7-10-36(48(65)66)39(24-32)45-37-11-8-34(53)25-40(37)84-41-26-35(54)9-12-38(41)45)92-91-31-79-17-3-4-18-80-50(68)58-14-5-6-33-28-63(49(67)61-46(33)55)44-27-42(82-30-60-62-56)43(85-44)29-83-89(73,74)87-90(75,76)86-88(70,71)72/h7-12,24-26,28,42-44,53H,3-4,13-23,27,29-31,54H2,1-2H3,(H,57,64)(H,58,68)(H,59,69)(H,65,66)(H,73,74)(H,75,76)(H2,55,61,67)(H2,70,71,72)/t42?,43-,44-/m1/s1. The van der Waals surface area contributed by atoms with Gasteiger partial charge in [-0.3, -0.25) is 13.9 Å². The van der Waals surface area contributed by atoms with Gasteiger partial charge in [0.25, 0.3) is 5.91 Å². The zero-order chi connectivity index (χ0) is 67.1. The molecule has 0 bridgehead atoms. The van der Waals surface area contributed by atoms with Gasteiger partial charge in [-0.05, 0) is 86.7 Å². The van der Waals surface area contributed by atoms with Crippen molar-refractivity contribution < 1.29 is 108 Å². The number of phosphoric acid groups is 3. The smallest absolute Gasteiger partial charge is 0.478 e. The molecule has 3 aromatic rings. The lowest BCUT2D eigenvalue weighted by molar-refractivity contribution is -0.0601. The third-order valence-corrected chi connectivity index (χ3v) is 19.3. The van der Waals surface area contributed by atoms with Crippen molar-refractivity contribution in [1.82, 2.24) is 25.5 Å². The molecule has 500 valence electrons. The molecule has 3 heterocycles. The molecule has 0 radical (unpaired) electrons. The summed E-state index contributed by atoms with van der Waals surface area (Å²) in [5.74, 6) is 4.10. The number of amides is 3. The van der Waals surface area contributed by atoms with Crippen LogP contribution in [0.2, 0.25) is 0 Å². The number of carboxylic acids is 1. The normalized spacial score (nSPS) is 16.1. The van der Waals surface area contributed by atoms with Crippen LogP contribution >= 0.6 is 45.1 Å². The minimum Gasteiger partial charge on any atom is -0.478 e. The van der Waals surface area contributed by atoms with E-state index in [1.54, 1.807) is 41.1 Å². The average Bonchev–Trinajstić information content (AvgIpc) is 0.817. The first-order valence-electron chi connectivity index (χ1n) is 27.4. The summed E-state index contributed by atoms with van der Waals surface area (Å²) in [6, 6.07) is 14.1. The Morgan fingerprint density at radius 2 is 1.60 bits per heavy atom. The van der Waals surface area contributed by atoms with Gasteiger partial charge in [-0.15, -0.1) is 0 Å². The maximum absolute atomic E-state index is 13.3. The number of azide groups is 1. The van der Waals surface area contributed by atoms with Crippen molar-refractivity contribution >= 4 is 91.6 Å². The summed E-state index contributed by atoms with van der Waals surface area (Å²) >= 11 is 0. The summed E-state index contributed by atoms with van der Waals surface area (Å²) in [5, 5.41) is 30.1. The Morgan fingerprint density at radius 1 is 0.880 bits per heavy atom. The van der Waals surface area contributed by atoms with Crippen LogP contribution in [0.3, 0.4) is 0 Å². The van der Waals surface area contributed by atoms with Crippen molar-refractivity contribution in [1.29, 1.82) is 5.41 Å². The van der Waals surface area contributed by atoms with Crippen LogP contribution in [0.5, 0.6) is 0 Å². The third kappa shape index (κ3) is 24.4. The van der Waals surface area contributed by atoms with Gasteiger partial charge in [0, 0.05) is 81.9 Å². The number of hydrogen-bond acceptors (Lipinski definition) is 26. The predicted octanol–water partition coefficient (Wildman–Crippen LogP) is 5.96. The van der Waals surface area contributed by atoms with Crippen molar-refractivity contribution in [3.8, 4) is 34.3 Å². The monoisotopic (exact) mass is 1390 g/mol. The molecule has 92 heavy (non-hydrogen) atoms. The number of nitrogens with two attached hydrogens (primary N) is 2. The second-order valence-corrected chi connectivity index (χ2v) is 27.2. The minimum atomic E-state index is -5.83. The highest BCUT2D eigenvalue weighted by molar-refractivity contribution is 8.77. The van der Waals surface area contributed by atoms with Crippen LogP contribution in [0.1, 0.15) is 72.0 Å². The van der Waals surface area contributed by atoms with Crippen LogP contribution < -0.4 is 38.5 Å². The van der Waals surface area contributed by atoms with E-state index in [1.165, 1.54) is 41.3 Å². The number of unbranched alkanes of at least 4 members (excludes halogenated alkanes) is 1. The first kappa shape index (κ1) is 73.9. The zero-order valence-electron chi connectivity index (χ0n) is 49.1. The number of aromatic nitrogens is 2. The van der Waals surface area contributed by atoms with Crippen molar-refractivity contribution in [2.45, 2.75) is 62.7 Å². The Morgan fingerprint density at radius 3 is 2.33 bits per heavy atom. The van der Waals surface area contributed by atoms with Crippen LogP contribution in [-0.4, -0.2) is 160 Å². The molecular formula is C52H66N11O24P3S2. The molecule has 0 saturated carbocycles. The highest BCUT2D eigenvalue weighted by Gasteiger charge is 2.44. The summed E-state index contributed by atoms with van der Waals surface area (Å²) in [7, 11) is -14.0. The van der Waals surface area contributed by atoms with Crippen molar-refractivity contribution in [3.05, 3.63) is 104 Å². The Bertz CT molecular complexity index is 3770. The number of anilines is 2. The molecule has 3 aliphatic rings. The maximum Gasteiger partial charge on any atom is 0.490 e. The van der Waals surface area contributed by atoms with Crippen LogP contribution in [0, 0.1) is 17.3 Å². The molecule has 40 heteroatoms. The van der Waals surface area contributed by atoms with Crippen LogP contribution in [0.15, 0.2) is 75.1 Å². The van der Waals surface area contributed by atoms with E-state index in [9.17, 15) is 52.6 Å². The number of fused-ring (bicyclic) bond motifs is 2. The molecule has 13 N–H and O–H groups in total. The number of carboxylic acid groups (broad SMARTS) is 1. The van der Waals surface area contributed by atoms with Crippen LogP contribution in [-0.2, 0) is 60.0 Å². The average molecular weight is 1390 g/mol. The molecule has 35 nitrogen and oxygen atoms in total. The topological polar surface area (TPSA) is 522 Å². The summed E-state index contributed by atoms with van der Waals surface area (Å²) in [6.07, 6.45) is -2.50. The van der Waals surface area contributed by atoms with E-state index in [2.05, 4.69) is 55.9 Å². The first-order valence-corrected chi connectivity index (χ1v) is 34.2. The number of aromatic carboxylic acids is 1. The molecule has 0 spiro atoms. The number of hydrogen-bond donors (Lipinski definition) is 11. The third-order valence-electron chi connectivity index (χ3n) is 12.5. The number of carbonyl (C=O) groups excluding carboxylic acids is 3. The van der Waals surface area contributed by atoms with E-state index in [-0.39, 0.29) is 104 Å². The van der Waals surface area contributed by atoms with Crippen molar-refractivity contribution in [2.24, 2.45) is 5.11 Å². The van der Waals surface area contributed by atoms with Gasteiger partial charge in [0.15, 0.2) is 0 Å². The Hall–Kier alpha value is -7.13. The number of nitrogen functional groups attached to an aromatic ring is 2. The van der Waals surface area contributed by atoms with Crippen LogP contribution in [0.25, 0.3) is 43.9 Å². The van der Waals surface area contributed by atoms with Gasteiger partial charge in [-0.1, -0.05) is 38.5 Å². The molecule has 5 atom stereocenters. The number of ether oxygens (including phenoxy) is 7. The molecular weight excluding hydrogens is 1320 g/mol. The number of nitrogens with one attached hydrogen (secondary N) is 4. The van der Waals surface area contributed by atoms with E-state index in [4.69, 9.17) is 69.8 Å². The van der Waals surface area contributed by atoms with E-state index in [0.29, 0.717) is 65.4 Å². The summed E-state index contributed by atoms with van der Waals surface area (Å²) < 4.78 is 92.2. The molecule has 3 unspecified atom stereocenters. The Labute approximate surface area is 531 Å². The second-order valence-electron chi connectivity index (χ2n) is 19.8. The quantitative estimate of drug-likeness (QED) is 0.00210. The van der Waals surface area contributed by atoms with Crippen molar-refractivity contribution in [2.75, 3.05) is 96.6 Å². The maximum atomic E-state index is 13.3. The van der Waals surface area contributed by atoms with E-state index < -0.39 is 85.0 Å². The number of rotatable bonds is 36. The highest BCUT2D eigenvalue weighted by Crippen LogP contribution is 2.66. The molecule has 2 aliphatic heterocycles. The van der Waals surface area contributed by atoms with Gasteiger partial charge in [0.05, 0.1) is 75.4 Å². The predicted molar refractivity (Wildman–Crippen MR) is 329 cm³/mol. The van der Waals surface area contributed by atoms with E-state index in [0.717, 1.165) is 4.57 Å². The fraction of sp³-hybridized carbons (Fsp3) is 0.442. The molecule has 6 rings (SSSR count). The molecule has 1 aromatic heterocycles. The van der Waals surface area contributed by atoms with Gasteiger partial charge < -0.3 is 95.1 Å². The molecule has 1 aliphatic carbocycles. The van der Waals surface area contributed by atoms with E-state index in [1.807, 2.05) is 13.8 Å². The fourth-order valence-electron chi connectivity index (χ4n) is 8.30. The molecule has 3 amide bonds. The van der Waals surface area contributed by atoms with Crippen molar-refractivity contribution in [3.63, 3.8) is 0 Å². The summed E-state index contributed by atoms with van der Waals surface area (Å²) in [6.45, 7) is 4.07. The van der Waals surface area contributed by atoms with Gasteiger partial charge in [-0.25, -0.2) is 32.9 Å². The number of phosphoric ester groups is 1. The van der Waals surface area contributed by atoms with E-state index >= 15 is 0 Å². The zero-order valence-corrected chi connectivity index (χ0v) is 53.4. The Kier molecular flexibility index (Phi) is 28.3. The number of alkyl carbamates (subject to hydrolysis) is 2. The lowest BCUT2D eigenvalue weighted by Gasteiger charge is -2.22. The largest absolute Gasteiger partial charge is 0.490 e. The summed E-state index contributed by atoms with van der Waals surface area (Å²) in [5.41, 5.74) is 22.0. The molecule has 1 saturated heterocycles. The Balaban J connectivity index is 0.775. The number of carbonyl (C=O) groups is 4. The first-order chi connectivity index (χ1) is 43.6. The molecule has 1 fully saturated rings. The minimum absolute atomic E-state index is 0.0103. The highest BCUT2D eigenvalue weighted by atomic mass is 33.1. The lowest BCUT2D eigenvalue weighted by Crippen LogP contribution is -2.30. The van der Waals surface area contributed by atoms with Crippen LogP contribution in [0.4, 0.5) is 21.1 Å². The number of benzene rings is 3. The number of nitrogens with zero attached hydrogens (tertiary/aromatic N) is 5. The fourth-order valence-corrected chi connectivity index (χ4v) is 13.6. The summed E-state index contributed by atoms with van der Waals surface area (Å²) in [4.78, 5) is 106. The van der Waals surface area contributed by atoms with Gasteiger partial charge >= 0.3 is 47.3 Å². The SMILES string of the molecule is CC(C)(CCOC(=O)NCCOCCOCCNC(=O)c1ccc(C(=O)O)c(-c2c3ccc(=N)cc-3oc3cc(N)ccc23)c1)SSCOCCCCOC(=O)NCC#Cc1cn([C@H]2CC(OCN=[N+]=[N-])[C@@H](COP(=O)(O)OP(=O)(O)OP(=O)(O)O)O2)c(=O)nc1N. The van der Waals surface area contributed by atoms with Gasteiger partial charge in [0.2, 0.25) is 0 Å². The van der Waals surface area contributed by atoms with Gasteiger partial charge in [0.1, 0.15) is 42.2 Å².